The van der Waals surface area contributed by atoms with Gasteiger partial charge in [-0.05, 0) is 55.4 Å². The Balaban J connectivity index is 1.58. The van der Waals surface area contributed by atoms with Crippen LogP contribution in [-0.4, -0.2) is 54.9 Å². The lowest BCUT2D eigenvalue weighted by molar-refractivity contribution is -0.135. The number of carbonyl (C=O) groups excluding carboxylic acids is 1. The smallest absolute Gasteiger partial charge is 0.260 e. The Morgan fingerprint density at radius 2 is 2.09 bits per heavy atom. The maximum Gasteiger partial charge on any atom is 0.260 e. The minimum atomic E-state index is -0.167. The topological polar surface area (TPSA) is 59.0 Å². The fourth-order valence-electron chi connectivity index (χ4n) is 3.55. The van der Waals surface area contributed by atoms with E-state index in [4.69, 9.17) is 9.47 Å². The highest BCUT2D eigenvalue weighted by molar-refractivity contribution is 5.78. The number of carbonyl (C=O) groups is 1. The van der Waals surface area contributed by atoms with Crippen molar-refractivity contribution in [3.8, 4) is 5.75 Å². The third kappa shape index (κ3) is 3.67. The number of rotatable bonds is 5. The number of methoxy groups -OCH3 is 1. The van der Waals surface area contributed by atoms with Gasteiger partial charge in [0, 0.05) is 13.7 Å². The summed E-state index contributed by atoms with van der Waals surface area (Å²) in [4.78, 5) is 14.0. The number of hydrogen-bond acceptors (Lipinski definition) is 4. The molecule has 1 N–H and O–H groups in total. The van der Waals surface area contributed by atoms with Crippen LogP contribution in [0.15, 0.2) is 18.2 Å². The Labute approximate surface area is 137 Å². The lowest BCUT2D eigenvalue weighted by Gasteiger charge is -2.23. The lowest BCUT2D eigenvalue weighted by atomic mass is 9.92. The van der Waals surface area contributed by atoms with Crippen molar-refractivity contribution in [2.45, 2.75) is 44.2 Å². The molecular formula is C18H25NO4. The van der Waals surface area contributed by atoms with Gasteiger partial charge in [0.05, 0.1) is 18.8 Å². The van der Waals surface area contributed by atoms with Gasteiger partial charge in [0.1, 0.15) is 5.75 Å². The van der Waals surface area contributed by atoms with Gasteiger partial charge >= 0.3 is 0 Å². The van der Waals surface area contributed by atoms with E-state index in [1.807, 2.05) is 6.07 Å². The Kier molecular flexibility index (Phi) is 5.18. The minimum Gasteiger partial charge on any atom is -0.484 e. The normalized spacial score (nSPS) is 23.7. The molecule has 0 bridgehead atoms. The summed E-state index contributed by atoms with van der Waals surface area (Å²) in [6, 6.07) is 5.96. The van der Waals surface area contributed by atoms with Gasteiger partial charge in [-0.3, -0.25) is 4.79 Å². The zero-order chi connectivity index (χ0) is 16.2. The van der Waals surface area contributed by atoms with E-state index >= 15 is 0 Å². The SMILES string of the molecule is CO[C@H]1C[C@@H](CO)N(C(=O)COc2ccc3c(c2)CCCC3)C1. The molecule has 0 spiro atoms. The highest BCUT2D eigenvalue weighted by Crippen LogP contribution is 2.26. The number of benzene rings is 1. The monoisotopic (exact) mass is 319 g/mol. The van der Waals surface area contributed by atoms with E-state index in [-0.39, 0.29) is 31.3 Å². The molecule has 0 radical (unpaired) electrons. The molecular weight excluding hydrogens is 294 g/mol. The first-order valence-electron chi connectivity index (χ1n) is 8.39. The van der Waals surface area contributed by atoms with E-state index < -0.39 is 0 Å². The van der Waals surface area contributed by atoms with Gasteiger partial charge < -0.3 is 19.5 Å². The summed E-state index contributed by atoms with van der Waals surface area (Å²) in [5.74, 6) is 0.656. The largest absolute Gasteiger partial charge is 0.484 e. The first-order chi connectivity index (χ1) is 11.2. The summed E-state index contributed by atoms with van der Waals surface area (Å²) >= 11 is 0. The van der Waals surface area contributed by atoms with Crippen LogP contribution >= 0.6 is 0 Å². The summed E-state index contributed by atoms with van der Waals surface area (Å²) in [7, 11) is 1.64. The van der Waals surface area contributed by atoms with Crippen LogP contribution in [0, 0.1) is 0 Å². The molecule has 23 heavy (non-hydrogen) atoms. The summed E-state index contributed by atoms with van der Waals surface area (Å²) in [6.07, 6.45) is 5.38. The summed E-state index contributed by atoms with van der Waals surface area (Å²) in [5, 5.41) is 9.43. The molecule has 1 amide bonds. The van der Waals surface area contributed by atoms with Gasteiger partial charge in [0.15, 0.2) is 6.61 Å². The second-order valence-corrected chi connectivity index (χ2v) is 6.40. The van der Waals surface area contributed by atoms with Gasteiger partial charge in [0.25, 0.3) is 5.91 Å². The van der Waals surface area contributed by atoms with E-state index in [0.29, 0.717) is 13.0 Å². The van der Waals surface area contributed by atoms with Crippen LogP contribution in [0.5, 0.6) is 5.75 Å². The molecule has 1 aliphatic carbocycles. The summed E-state index contributed by atoms with van der Waals surface area (Å²) in [5.41, 5.74) is 2.74. The highest BCUT2D eigenvalue weighted by Gasteiger charge is 2.34. The Hall–Kier alpha value is -1.59. The number of aliphatic hydroxyl groups is 1. The summed E-state index contributed by atoms with van der Waals surface area (Å²) < 4.78 is 11.0. The van der Waals surface area contributed by atoms with Crippen LogP contribution in [0.1, 0.15) is 30.4 Å². The zero-order valence-corrected chi connectivity index (χ0v) is 13.7. The average Bonchev–Trinajstić information content (AvgIpc) is 3.03. The van der Waals surface area contributed by atoms with Crippen LogP contribution in [0.2, 0.25) is 0 Å². The Morgan fingerprint density at radius 1 is 1.30 bits per heavy atom. The standard InChI is InChI=1S/C18H25NO4/c1-22-17-9-15(11-20)19(10-17)18(21)12-23-16-7-6-13-4-2-3-5-14(13)8-16/h6-8,15,17,20H,2-5,9-12H2,1H3/t15-,17-/m0/s1. The van der Waals surface area contributed by atoms with E-state index in [1.165, 1.54) is 24.0 Å². The number of amides is 1. The van der Waals surface area contributed by atoms with Crippen molar-refractivity contribution in [1.29, 1.82) is 0 Å². The molecule has 2 aliphatic rings. The van der Waals surface area contributed by atoms with E-state index in [1.54, 1.807) is 12.0 Å². The number of hydrogen-bond donors (Lipinski definition) is 1. The van der Waals surface area contributed by atoms with Crippen LogP contribution < -0.4 is 4.74 Å². The third-order valence-corrected chi connectivity index (χ3v) is 4.92. The Morgan fingerprint density at radius 3 is 2.83 bits per heavy atom. The molecule has 0 saturated carbocycles. The molecule has 1 heterocycles. The number of aryl methyl sites for hydroxylation is 2. The highest BCUT2D eigenvalue weighted by atomic mass is 16.5. The maximum absolute atomic E-state index is 12.4. The molecule has 5 heteroatoms. The zero-order valence-electron chi connectivity index (χ0n) is 13.7. The molecule has 0 aromatic heterocycles. The van der Waals surface area contributed by atoms with Crippen LogP contribution in [0.25, 0.3) is 0 Å². The molecule has 0 unspecified atom stereocenters. The lowest BCUT2D eigenvalue weighted by Crippen LogP contribution is -2.40. The number of fused-ring (bicyclic) bond motifs is 1. The molecule has 126 valence electrons. The average molecular weight is 319 g/mol. The molecule has 3 rings (SSSR count). The first-order valence-corrected chi connectivity index (χ1v) is 8.39. The summed E-state index contributed by atoms with van der Waals surface area (Å²) in [6.45, 7) is 0.490. The van der Waals surface area contributed by atoms with Crippen molar-refractivity contribution in [2.24, 2.45) is 0 Å². The van der Waals surface area contributed by atoms with Gasteiger partial charge in [0.2, 0.25) is 0 Å². The molecule has 2 atom stereocenters. The van der Waals surface area contributed by atoms with Gasteiger partial charge in [-0.1, -0.05) is 6.07 Å². The third-order valence-electron chi connectivity index (χ3n) is 4.92. The van der Waals surface area contributed by atoms with Crippen molar-refractivity contribution in [1.82, 2.24) is 4.90 Å². The number of likely N-dealkylation sites (tertiary alicyclic amines) is 1. The van der Waals surface area contributed by atoms with Crippen molar-refractivity contribution in [2.75, 3.05) is 26.9 Å². The molecule has 1 saturated heterocycles. The predicted octanol–water partition coefficient (Wildman–Crippen LogP) is 1.55. The second kappa shape index (κ2) is 7.32. The van der Waals surface area contributed by atoms with Crippen molar-refractivity contribution >= 4 is 5.91 Å². The predicted molar refractivity (Wildman–Crippen MR) is 86.6 cm³/mol. The molecule has 1 aromatic rings. The number of aliphatic hydroxyl groups excluding tert-OH is 1. The minimum absolute atomic E-state index is 0.000144. The molecule has 1 aromatic carbocycles. The van der Waals surface area contributed by atoms with E-state index in [9.17, 15) is 9.90 Å². The molecule has 1 aliphatic heterocycles. The van der Waals surface area contributed by atoms with E-state index in [0.717, 1.165) is 18.6 Å². The molecule has 1 fully saturated rings. The van der Waals surface area contributed by atoms with E-state index in [2.05, 4.69) is 12.1 Å². The number of ether oxygens (including phenoxy) is 2. The molecule has 5 nitrogen and oxygen atoms in total. The van der Waals surface area contributed by atoms with Crippen molar-refractivity contribution < 1.29 is 19.4 Å². The van der Waals surface area contributed by atoms with Crippen LogP contribution in [0.3, 0.4) is 0 Å². The van der Waals surface area contributed by atoms with Gasteiger partial charge in [-0.25, -0.2) is 0 Å². The Bertz CT molecular complexity index is 560. The fourth-order valence-corrected chi connectivity index (χ4v) is 3.55. The quantitative estimate of drug-likeness (QED) is 0.895. The fraction of sp³-hybridized carbons (Fsp3) is 0.611. The maximum atomic E-state index is 12.4. The van der Waals surface area contributed by atoms with Crippen molar-refractivity contribution in [3.05, 3.63) is 29.3 Å². The van der Waals surface area contributed by atoms with Crippen molar-refractivity contribution in [3.63, 3.8) is 0 Å². The van der Waals surface area contributed by atoms with Gasteiger partial charge in [-0.15, -0.1) is 0 Å². The van der Waals surface area contributed by atoms with Crippen LogP contribution in [0.4, 0.5) is 0 Å². The van der Waals surface area contributed by atoms with Gasteiger partial charge in [-0.2, -0.15) is 0 Å². The second-order valence-electron chi connectivity index (χ2n) is 6.40. The van der Waals surface area contributed by atoms with Crippen LogP contribution in [-0.2, 0) is 22.4 Å². The first kappa shape index (κ1) is 16.3. The number of nitrogens with zero attached hydrogens (tertiary/aromatic N) is 1.